The summed E-state index contributed by atoms with van der Waals surface area (Å²) in [4.78, 5) is 24.0. The van der Waals surface area contributed by atoms with Crippen molar-refractivity contribution in [1.82, 2.24) is 0 Å². The smallest absolute Gasteiger partial charge is 0.224 e. The average Bonchev–Trinajstić information content (AvgIpc) is 2.61. The molecule has 0 saturated carbocycles. The van der Waals surface area contributed by atoms with Gasteiger partial charge in [-0.2, -0.15) is 0 Å². The fraction of sp³-hybridized carbons (Fsp3) is 0.263. The molecule has 0 unspecified atom stereocenters. The van der Waals surface area contributed by atoms with Gasteiger partial charge in [0.05, 0.1) is 11.4 Å². The Hall–Kier alpha value is -2.73. The summed E-state index contributed by atoms with van der Waals surface area (Å²) in [6.45, 7) is 0.402. The van der Waals surface area contributed by atoms with Gasteiger partial charge in [-0.05, 0) is 43.1 Å². The van der Waals surface area contributed by atoms with E-state index in [9.17, 15) is 14.0 Å². The third-order valence-electron chi connectivity index (χ3n) is 3.62. The highest BCUT2D eigenvalue weighted by Gasteiger charge is 2.11. The number of amides is 2. The van der Waals surface area contributed by atoms with Crippen LogP contribution in [0.4, 0.5) is 15.8 Å². The lowest BCUT2D eigenvalue weighted by Crippen LogP contribution is -2.17. The first-order valence-electron chi connectivity index (χ1n) is 8.21. The molecule has 0 spiro atoms. The minimum atomic E-state index is -0.489. The van der Waals surface area contributed by atoms with Gasteiger partial charge in [-0.25, -0.2) is 4.39 Å². The molecule has 25 heavy (non-hydrogen) atoms. The number of anilines is 2. The van der Waals surface area contributed by atoms with Crippen LogP contribution in [0.5, 0.6) is 0 Å². The van der Waals surface area contributed by atoms with E-state index in [0.717, 1.165) is 5.56 Å². The molecule has 6 heteroatoms. The molecule has 0 aliphatic rings. The topological polar surface area (TPSA) is 84.2 Å². The van der Waals surface area contributed by atoms with Gasteiger partial charge in [-0.1, -0.05) is 30.3 Å². The van der Waals surface area contributed by atoms with Gasteiger partial charge < -0.3 is 16.4 Å². The number of benzene rings is 2. The Labute approximate surface area is 146 Å². The van der Waals surface area contributed by atoms with Crippen molar-refractivity contribution in [3.63, 3.8) is 0 Å². The third kappa shape index (κ3) is 6.35. The van der Waals surface area contributed by atoms with E-state index in [1.807, 2.05) is 30.3 Å². The van der Waals surface area contributed by atoms with Crippen LogP contribution < -0.4 is 16.4 Å². The molecule has 2 amide bonds. The molecule has 0 bridgehead atoms. The highest BCUT2D eigenvalue weighted by molar-refractivity contribution is 5.99. The zero-order chi connectivity index (χ0) is 18.1. The van der Waals surface area contributed by atoms with E-state index < -0.39 is 5.82 Å². The molecular weight excluding hydrogens is 321 g/mol. The lowest BCUT2D eigenvalue weighted by atomic mass is 10.1. The van der Waals surface area contributed by atoms with Crippen LogP contribution in [-0.4, -0.2) is 18.4 Å². The minimum absolute atomic E-state index is 0.201. The third-order valence-corrected chi connectivity index (χ3v) is 3.62. The quantitative estimate of drug-likeness (QED) is 0.689. The second-order valence-electron chi connectivity index (χ2n) is 5.66. The van der Waals surface area contributed by atoms with Gasteiger partial charge in [0.15, 0.2) is 0 Å². The summed E-state index contributed by atoms with van der Waals surface area (Å²) in [6.07, 6.45) is 1.68. The molecule has 0 heterocycles. The van der Waals surface area contributed by atoms with Crippen LogP contribution >= 0.6 is 0 Å². The van der Waals surface area contributed by atoms with Crippen molar-refractivity contribution in [2.45, 2.75) is 25.7 Å². The summed E-state index contributed by atoms with van der Waals surface area (Å²) < 4.78 is 13.5. The second-order valence-corrected chi connectivity index (χ2v) is 5.66. The fourth-order valence-electron chi connectivity index (χ4n) is 2.32. The molecule has 4 N–H and O–H groups in total. The molecule has 0 aromatic heterocycles. The maximum atomic E-state index is 13.5. The highest BCUT2D eigenvalue weighted by atomic mass is 19.1. The molecule has 0 aliphatic heterocycles. The minimum Gasteiger partial charge on any atom is -0.330 e. The number of nitrogens with two attached hydrogens (primary N) is 1. The summed E-state index contributed by atoms with van der Waals surface area (Å²) in [5.41, 5.74) is 7.06. The lowest BCUT2D eigenvalue weighted by molar-refractivity contribution is -0.117. The van der Waals surface area contributed by atoms with Crippen molar-refractivity contribution in [2.75, 3.05) is 17.2 Å². The fourth-order valence-corrected chi connectivity index (χ4v) is 2.32. The normalized spacial score (nSPS) is 10.3. The predicted octanol–water partition coefficient (Wildman–Crippen LogP) is 3.07. The maximum Gasteiger partial charge on any atom is 0.224 e. The number of carbonyl (C=O) groups excluding carboxylic acids is 2. The van der Waals surface area contributed by atoms with E-state index in [1.54, 1.807) is 0 Å². The SMILES string of the molecule is NCCCC(=O)Nc1cc(F)ccc1NC(=O)CCc1ccccc1. The molecule has 0 atom stereocenters. The molecule has 0 saturated heterocycles. The Kier molecular flexibility index (Phi) is 7.10. The van der Waals surface area contributed by atoms with E-state index >= 15 is 0 Å². The number of halogens is 1. The van der Waals surface area contributed by atoms with Crippen LogP contribution in [0.15, 0.2) is 48.5 Å². The van der Waals surface area contributed by atoms with E-state index in [4.69, 9.17) is 5.73 Å². The molecule has 2 rings (SSSR count). The summed E-state index contributed by atoms with van der Waals surface area (Å²) in [6, 6.07) is 13.5. The molecule has 0 aliphatic carbocycles. The summed E-state index contributed by atoms with van der Waals surface area (Å²) in [5, 5.41) is 5.34. The summed E-state index contributed by atoms with van der Waals surface area (Å²) >= 11 is 0. The van der Waals surface area contributed by atoms with E-state index in [0.29, 0.717) is 31.5 Å². The van der Waals surface area contributed by atoms with Gasteiger partial charge in [0.1, 0.15) is 5.82 Å². The average molecular weight is 343 g/mol. The molecule has 0 radical (unpaired) electrons. The van der Waals surface area contributed by atoms with Crippen molar-refractivity contribution in [3.8, 4) is 0 Å². The van der Waals surface area contributed by atoms with Crippen molar-refractivity contribution in [1.29, 1.82) is 0 Å². The van der Waals surface area contributed by atoms with Crippen LogP contribution in [-0.2, 0) is 16.0 Å². The predicted molar refractivity (Wildman–Crippen MR) is 96.7 cm³/mol. The second kappa shape index (κ2) is 9.54. The Morgan fingerprint density at radius 1 is 0.920 bits per heavy atom. The Morgan fingerprint density at radius 3 is 2.32 bits per heavy atom. The van der Waals surface area contributed by atoms with Gasteiger partial charge in [0.2, 0.25) is 11.8 Å². The number of hydrogen-bond acceptors (Lipinski definition) is 3. The lowest BCUT2D eigenvalue weighted by Gasteiger charge is -2.12. The number of hydrogen-bond donors (Lipinski definition) is 3. The number of aryl methyl sites for hydroxylation is 1. The largest absolute Gasteiger partial charge is 0.330 e. The first-order valence-corrected chi connectivity index (χ1v) is 8.21. The molecule has 2 aromatic carbocycles. The summed E-state index contributed by atoms with van der Waals surface area (Å²) in [7, 11) is 0. The Balaban J connectivity index is 1.98. The van der Waals surface area contributed by atoms with Gasteiger partial charge in [0, 0.05) is 12.8 Å². The number of nitrogens with one attached hydrogen (secondary N) is 2. The molecule has 2 aromatic rings. The van der Waals surface area contributed by atoms with Crippen molar-refractivity contribution >= 4 is 23.2 Å². The van der Waals surface area contributed by atoms with E-state index in [-0.39, 0.29) is 23.9 Å². The summed E-state index contributed by atoms with van der Waals surface area (Å²) in [5.74, 6) is -0.958. The molecule has 5 nitrogen and oxygen atoms in total. The Bertz CT molecular complexity index is 720. The van der Waals surface area contributed by atoms with Crippen LogP contribution in [0.1, 0.15) is 24.8 Å². The standard InChI is InChI=1S/C19H22FN3O2/c20-15-9-10-16(17(13-15)23-18(24)7-4-12-21)22-19(25)11-8-14-5-2-1-3-6-14/h1-3,5-6,9-10,13H,4,7-8,11-12,21H2,(H,22,25)(H,23,24). The van der Waals surface area contributed by atoms with Crippen LogP contribution in [0.2, 0.25) is 0 Å². The maximum absolute atomic E-state index is 13.5. The van der Waals surface area contributed by atoms with Crippen LogP contribution in [0.3, 0.4) is 0 Å². The van der Waals surface area contributed by atoms with Crippen molar-refractivity contribution in [3.05, 3.63) is 59.9 Å². The van der Waals surface area contributed by atoms with Crippen molar-refractivity contribution in [2.24, 2.45) is 5.73 Å². The zero-order valence-electron chi connectivity index (χ0n) is 13.9. The van der Waals surface area contributed by atoms with Gasteiger partial charge in [-0.3, -0.25) is 9.59 Å². The number of rotatable bonds is 8. The Morgan fingerprint density at radius 2 is 1.60 bits per heavy atom. The number of carbonyl (C=O) groups is 2. The van der Waals surface area contributed by atoms with Gasteiger partial charge in [-0.15, -0.1) is 0 Å². The highest BCUT2D eigenvalue weighted by Crippen LogP contribution is 2.23. The monoisotopic (exact) mass is 343 g/mol. The van der Waals surface area contributed by atoms with Crippen LogP contribution in [0, 0.1) is 5.82 Å². The van der Waals surface area contributed by atoms with Crippen molar-refractivity contribution < 1.29 is 14.0 Å². The van der Waals surface area contributed by atoms with Gasteiger partial charge in [0.25, 0.3) is 0 Å². The molecule has 132 valence electrons. The molecule has 0 fully saturated rings. The molecular formula is C19H22FN3O2. The van der Waals surface area contributed by atoms with Gasteiger partial charge >= 0.3 is 0 Å². The first kappa shape index (κ1) is 18.6. The van der Waals surface area contributed by atoms with Crippen LogP contribution in [0.25, 0.3) is 0 Å². The van der Waals surface area contributed by atoms with E-state index in [2.05, 4.69) is 10.6 Å². The van der Waals surface area contributed by atoms with E-state index in [1.165, 1.54) is 18.2 Å². The first-order chi connectivity index (χ1) is 12.1. The zero-order valence-corrected chi connectivity index (χ0v) is 13.9.